The van der Waals surface area contributed by atoms with Crippen molar-refractivity contribution in [3.63, 3.8) is 0 Å². The zero-order valence-corrected chi connectivity index (χ0v) is 19.8. The fraction of sp³-hybridized carbons (Fsp3) is 1.00. The molecule has 0 saturated carbocycles. The highest BCUT2D eigenvalue weighted by atomic mass is 16.3. The molecule has 0 aromatic rings. The average molecular weight is 398 g/mol. The molecule has 0 heterocycles. The van der Waals surface area contributed by atoms with Crippen LogP contribution in [-0.4, -0.2) is 17.9 Å². The fourth-order valence-corrected chi connectivity index (χ4v) is 3.99. The van der Waals surface area contributed by atoms with E-state index in [-0.39, 0.29) is 6.23 Å². The number of hydrogen-bond acceptors (Lipinski definition) is 2. The number of hydrogen-bond donors (Lipinski definition) is 2. The fourth-order valence-electron chi connectivity index (χ4n) is 3.99. The summed E-state index contributed by atoms with van der Waals surface area (Å²) in [4.78, 5) is 0. The van der Waals surface area contributed by atoms with Gasteiger partial charge in [0.25, 0.3) is 0 Å². The van der Waals surface area contributed by atoms with Crippen molar-refractivity contribution in [3.05, 3.63) is 0 Å². The Morgan fingerprint density at radius 3 is 1.18 bits per heavy atom. The van der Waals surface area contributed by atoms with E-state index in [9.17, 15) is 5.11 Å². The number of rotatable bonds is 24. The topological polar surface area (TPSA) is 32.3 Å². The maximum atomic E-state index is 10.0. The summed E-state index contributed by atoms with van der Waals surface area (Å²) >= 11 is 0. The normalized spacial score (nSPS) is 12.5. The minimum absolute atomic E-state index is 0.280. The lowest BCUT2D eigenvalue weighted by Gasteiger charge is -2.12. The second-order valence-electron chi connectivity index (χ2n) is 8.98. The van der Waals surface area contributed by atoms with Crippen molar-refractivity contribution < 1.29 is 5.11 Å². The minimum atomic E-state index is -0.280. The number of aliphatic hydroxyl groups is 1. The zero-order chi connectivity index (χ0) is 20.5. The van der Waals surface area contributed by atoms with Crippen molar-refractivity contribution in [3.8, 4) is 0 Å². The molecule has 0 aromatic heterocycles. The third-order valence-electron chi connectivity index (χ3n) is 5.99. The Bertz CT molecular complexity index is 269. The standard InChI is InChI=1S/C26H55NO/c1-3-5-7-9-11-13-14-15-16-17-18-20-22-24-26(28)27-25-23-21-19-12-10-8-6-4-2/h26-28H,3-25H2,1-2H3. The molecule has 0 aliphatic carbocycles. The molecule has 28 heavy (non-hydrogen) atoms. The molecule has 1 atom stereocenters. The van der Waals surface area contributed by atoms with Crippen LogP contribution in [0.1, 0.15) is 155 Å². The molecule has 0 spiro atoms. The Kier molecular flexibility index (Phi) is 24.9. The van der Waals surface area contributed by atoms with Crippen LogP contribution in [0.15, 0.2) is 0 Å². The molecule has 0 aliphatic heterocycles. The van der Waals surface area contributed by atoms with Gasteiger partial charge in [0.2, 0.25) is 0 Å². The van der Waals surface area contributed by atoms with E-state index in [1.54, 1.807) is 0 Å². The predicted molar refractivity (Wildman–Crippen MR) is 127 cm³/mol. The van der Waals surface area contributed by atoms with Crippen molar-refractivity contribution in [1.82, 2.24) is 5.32 Å². The summed E-state index contributed by atoms with van der Waals surface area (Å²) in [6, 6.07) is 0. The second-order valence-corrected chi connectivity index (χ2v) is 8.98. The maximum absolute atomic E-state index is 10.0. The molecule has 0 amide bonds. The molecule has 1 unspecified atom stereocenters. The van der Waals surface area contributed by atoms with E-state index in [2.05, 4.69) is 19.2 Å². The van der Waals surface area contributed by atoms with Gasteiger partial charge in [-0.15, -0.1) is 0 Å². The van der Waals surface area contributed by atoms with E-state index in [4.69, 9.17) is 0 Å². The van der Waals surface area contributed by atoms with Gasteiger partial charge in [0.15, 0.2) is 0 Å². The summed E-state index contributed by atoms with van der Waals surface area (Å²) in [5, 5.41) is 13.3. The molecule has 2 heteroatoms. The SMILES string of the molecule is CCCCCCCCCCCCCCCC(O)NCCCCCCCCCC. The molecular formula is C26H55NO. The molecule has 0 aliphatic rings. The molecule has 0 radical (unpaired) electrons. The maximum Gasteiger partial charge on any atom is 0.104 e. The molecule has 170 valence electrons. The monoisotopic (exact) mass is 397 g/mol. The Labute approximate surface area is 178 Å². The molecular weight excluding hydrogens is 342 g/mol. The van der Waals surface area contributed by atoms with Gasteiger partial charge in [0, 0.05) is 0 Å². The Balaban J connectivity index is 3.12. The van der Waals surface area contributed by atoms with E-state index in [1.165, 1.54) is 135 Å². The van der Waals surface area contributed by atoms with E-state index in [0.717, 1.165) is 13.0 Å². The lowest BCUT2D eigenvalue weighted by atomic mass is 10.0. The molecule has 2 nitrogen and oxygen atoms in total. The van der Waals surface area contributed by atoms with Gasteiger partial charge in [-0.25, -0.2) is 0 Å². The van der Waals surface area contributed by atoms with Gasteiger partial charge in [-0.1, -0.05) is 136 Å². The summed E-state index contributed by atoms with van der Waals surface area (Å²) in [7, 11) is 0. The molecule has 0 rings (SSSR count). The van der Waals surface area contributed by atoms with Crippen LogP contribution in [0, 0.1) is 0 Å². The van der Waals surface area contributed by atoms with E-state index in [0.29, 0.717) is 0 Å². The van der Waals surface area contributed by atoms with Gasteiger partial charge in [0.05, 0.1) is 0 Å². The van der Waals surface area contributed by atoms with Gasteiger partial charge in [-0.3, -0.25) is 5.32 Å². The van der Waals surface area contributed by atoms with E-state index < -0.39 is 0 Å². The number of aliphatic hydroxyl groups excluding tert-OH is 1. The minimum Gasteiger partial charge on any atom is -0.379 e. The Morgan fingerprint density at radius 2 is 0.786 bits per heavy atom. The predicted octanol–water partition coefficient (Wildman–Crippen LogP) is 8.52. The van der Waals surface area contributed by atoms with E-state index in [1.807, 2.05) is 0 Å². The quantitative estimate of drug-likeness (QED) is 0.126. The second kappa shape index (κ2) is 25.0. The van der Waals surface area contributed by atoms with Gasteiger partial charge in [-0.2, -0.15) is 0 Å². The smallest absolute Gasteiger partial charge is 0.104 e. The van der Waals surface area contributed by atoms with Crippen LogP contribution < -0.4 is 5.32 Å². The number of unbranched alkanes of at least 4 members (excludes halogenated alkanes) is 19. The van der Waals surface area contributed by atoms with Gasteiger partial charge in [-0.05, 0) is 25.8 Å². The third kappa shape index (κ3) is 24.0. The van der Waals surface area contributed by atoms with Gasteiger partial charge < -0.3 is 5.11 Å². The van der Waals surface area contributed by atoms with Crippen LogP contribution >= 0.6 is 0 Å². The Hall–Kier alpha value is -0.0800. The highest BCUT2D eigenvalue weighted by Gasteiger charge is 2.02. The van der Waals surface area contributed by atoms with Gasteiger partial charge in [0.1, 0.15) is 6.23 Å². The first-order valence-corrected chi connectivity index (χ1v) is 13.2. The van der Waals surface area contributed by atoms with Crippen molar-refractivity contribution >= 4 is 0 Å². The highest BCUT2D eigenvalue weighted by Crippen LogP contribution is 2.13. The van der Waals surface area contributed by atoms with Crippen LogP contribution in [0.25, 0.3) is 0 Å². The first-order chi connectivity index (χ1) is 13.8. The molecule has 0 bridgehead atoms. The lowest BCUT2D eigenvalue weighted by Crippen LogP contribution is -2.29. The van der Waals surface area contributed by atoms with Crippen LogP contribution in [0.4, 0.5) is 0 Å². The van der Waals surface area contributed by atoms with Crippen LogP contribution in [0.2, 0.25) is 0 Å². The summed E-state index contributed by atoms with van der Waals surface area (Å²) in [5.74, 6) is 0. The first kappa shape index (κ1) is 27.9. The Morgan fingerprint density at radius 1 is 0.464 bits per heavy atom. The molecule has 2 N–H and O–H groups in total. The zero-order valence-electron chi connectivity index (χ0n) is 19.8. The van der Waals surface area contributed by atoms with Crippen LogP contribution in [-0.2, 0) is 0 Å². The van der Waals surface area contributed by atoms with Crippen molar-refractivity contribution in [2.45, 2.75) is 161 Å². The molecule has 0 fully saturated rings. The molecule has 0 aromatic carbocycles. The van der Waals surface area contributed by atoms with E-state index >= 15 is 0 Å². The first-order valence-electron chi connectivity index (χ1n) is 13.2. The third-order valence-corrected chi connectivity index (χ3v) is 5.99. The number of nitrogens with one attached hydrogen (secondary N) is 1. The summed E-state index contributed by atoms with van der Waals surface area (Å²) in [6.07, 6.45) is 29.5. The van der Waals surface area contributed by atoms with Gasteiger partial charge >= 0.3 is 0 Å². The van der Waals surface area contributed by atoms with Crippen molar-refractivity contribution in [1.29, 1.82) is 0 Å². The van der Waals surface area contributed by atoms with Crippen molar-refractivity contribution in [2.75, 3.05) is 6.54 Å². The summed E-state index contributed by atoms with van der Waals surface area (Å²) < 4.78 is 0. The highest BCUT2D eigenvalue weighted by molar-refractivity contribution is 4.56. The van der Waals surface area contributed by atoms with Crippen molar-refractivity contribution in [2.24, 2.45) is 0 Å². The summed E-state index contributed by atoms with van der Waals surface area (Å²) in [5.41, 5.74) is 0. The van der Waals surface area contributed by atoms with Crippen LogP contribution in [0.3, 0.4) is 0 Å². The van der Waals surface area contributed by atoms with Crippen LogP contribution in [0.5, 0.6) is 0 Å². The largest absolute Gasteiger partial charge is 0.379 e. The lowest BCUT2D eigenvalue weighted by molar-refractivity contribution is 0.124. The molecule has 0 saturated heterocycles. The average Bonchev–Trinajstić information content (AvgIpc) is 2.70. The summed E-state index contributed by atoms with van der Waals surface area (Å²) in [6.45, 7) is 5.54.